The Morgan fingerprint density at radius 1 is 1.33 bits per heavy atom. The number of hydrogen-bond acceptors (Lipinski definition) is 3. The minimum absolute atomic E-state index is 0.107. The second-order valence-electron chi connectivity index (χ2n) is 3.55. The molecule has 15 heavy (non-hydrogen) atoms. The van der Waals surface area contributed by atoms with Crippen molar-refractivity contribution in [3.63, 3.8) is 0 Å². The van der Waals surface area contributed by atoms with E-state index in [1.165, 1.54) is 0 Å². The summed E-state index contributed by atoms with van der Waals surface area (Å²) in [7, 11) is 0. The summed E-state index contributed by atoms with van der Waals surface area (Å²) in [5.41, 5.74) is 0.923. The van der Waals surface area contributed by atoms with E-state index >= 15 is 0 Å². The Balaban J connectivity index is 2.41. The summed E-state index contributed by atoms with van der Waals surface area (Å²) < 4.78 is 1.80. The number of rotatable bonds is 0. The molecule has 1 aliphatic rings. The van der Waals surface area contributed by atoms with Crippen molar-refractivity contribution in [3.8, 4) is 0 Å². The molecule has 0 fully saturated rings. The number of fused-ring (bicyclic) bond motifs is 2. The molecule has 0 aliphatic carbocycles. The highest BCUT2D eigenvalue weighted by Gasteiger charge is 2.13. The normalized spacial score (nSPS) is 15.2. The maximum absolute atomic E-state index is 12.1. The maximum Gasteiger partial charge on any atom is 0.261 e. The van der Waals surface area contributed by atoms with Crippen molar-refractivity contribution in [1.82, 2.24) is 9.55 Å². The van der Waals surface area contributed by atoms with Crippen LogP contribution in [0, 0.1) is 0 Å². The van der Waals surface area contributed by atoms with E-state index in [1.807, 2.05) is 36.0 Å². The molecule has 76 valence electrons. The predicted octanol–water partition coefficient (Wildman–Crippen LogP) is 1.64. The molecule has 4 heteroatoms. The lowest BCUT2D eigenvalue weighted by Gasteiger charge is -2.17. The van der Waals surface area contributed by atoms with E-state index in [2.05, 4.69) is 4.98 Å². The van der Waals surface area contributed by atoms with Crippen LogP contribution in [-0.4, -0.2) is 15.3 Å². The third-order valence-electron chi connectivity index (χ3n) is 2.63. The number of hydrogen-bond donors (Lipinski definition) is 0. The second kappa shape index (κ2) is 3.38. The molecule has 0 atom stereocenters. The van der Waals surface area contributed by atoms with Crippen LogP contribution in [0.2, 0.25) is 0 Å². The van der Waals surface area contributed by atoms with Crippen LogP contribution in [0.15, 0.2) is 29.1 Å². The summed E-state index contributed by atoms with van der Waals surface area (Å²) in [5, 5.41) is 0.730. The topological polar surface area (TPSA) is 34.9 Å². The third-order valence-corrected chi connectivity index (χ3v) is 3.56. The predicted molar refractivity (Wildman–Crippen MR) is 62.2 cm³/mol. The van der Waals surface area contributed by atoms with E-state index < -0.39 is 0 Å². The fourth-order valence-corrected chi connectivity index (χ4v) is 2.73. The molecule has 0 bridgehead atoms. The molecular formula is C11H10N2OS. The first-order valence-corrected chi connectivity index (χ1v) is 6.08. The first kappa shape index (κ1) is 8.97. The monoisotopic (exact) mass is 218 g/mol. The van der Waals surface area contributed by atoms with Crippen molar-refractivity contribution in [2.24, 2.45) is 0 Å². The van der Waals surface area contributed by atoms with E-state index in [9.17, 15) is 4.79 Å². The summed E-state index contributed by atoms with van der Waals surface area (Å²) in [4.78, 5) is 16.6. The van der Waals surface area contributed by atoms with Crippen molar-refractivity contribution in [2.75, 3.05) is 5.75 Å². The summed E-state index contributed by atoms with van der Waals surface area (Å²) >= 11 is 1.83. The maximum atomic E-state index is 12.1. The van der Waals surface area contributed by atoms with E-state index in [4.69, 9.17) is 0 Å². The first-order chi connectivity index (χ1) is 7.36. The van der Waals surface area contributed by atoms with Gasteiger partial charge >= 0.3 is 0 Å². The molecule has 1 aromatic carbocycles. The summed E-state index contributed by atoms with van der Waals surface area (Å²) in [6, 6.07) is 7.55. The van der Waals surface area contributed by atoms with Crippen molar-refractivity contribution in [3.05, 3.63) is 40.4 Å². The average molecular weight is 218 g/mol. The number of aromatic nitrogens is 2. The zero-order chi connectivity index (χ0) is 10.3. The van der Waals surface area contributed by atoms with Gasteiger partial charge in [-0.15, -0.1) is 0 Å². The molecule has 0 saturated carbocycles. The number of thioether (sulfide) groups is 1. The van der Waals surface area contributed by atoms with Gasteiger partial charge in [-0.3, -0.25) is 9.36 Å². The Morgan fingerprint density at radius 2 is 2.20 bits per heavy atom. The highest BCUT2D eigenvalue weighted by molar-refractivity contribution is 7.98. The van der Waals surface area contributed by atoms with Crippen LogP contribution in [0.3, 0.4) is 0 Å². The zero-order valence-corrected chi connectivity index (χ0v) is 8.96. The largest absolute Gasteiger partial charge is 0.295 e. The van der Waals surface area contributed by atoms with Crippen LogP contribution >= 0.6 is 11.8 Å². The van der Waals surface area contributed by atoms with Gasteiger partial charge in [-0.1, -0.05) is 12.1 Å². The van der Waals surface area contributed by atoms with Gasteiger partial charge in [-0.2, -0.15) is 11.8 Å². The van der Waals surface area contributed by atoms with E-state index in [-0.39, 0.29) is 5.56 Å². The molecule has 0 unspecified atom stereocenters. The van der Waals surface area contributed by atoms with E-state index in [0.29, 0.717) is 0 Å². The molecule has 0 spiro atoms. The zero-order valence-electron chi connectivity index (χ0n) is 8.14. The Hall–Kier alpha value is -1.29. The van der Waals surface area contributed by atoms with Crippen LogP contribution in [0.4, 0.5) is 0 Å². The molecule has 0 N–H and O–H groups in total. The summed E-state index contributed by atoms with van der Waals surface area (Å²) in [6.45, 7) is 0.788. The van der Waals surface area contributed by atoms with Crippen molar-refractivity contribution in [1.29, 1.82) is 0 Å². The SMILES string of the molecule is O=c1c2ccccc2nc2n1CCSC2. The molecule has 1 aliphatic heterocycles. The van der Waals surface area contributed by atoms with Crippen molar-refractivity contribution >= 4 is 22.7 Å². The van der Waals surface area contributed by atoms with E-state index in [1.54, 1.807) is 4.57 Å². The second-order valence-corrected chi connectivity index (χ2v) is 4.66. The van der Waals surface area contributed by atoms with Gasteiger partial charge in [0.15, 0.2) is 0 Å². The van der Waals surface area contributed by atoms with Crippen molar-refractivity contribution < 1.29 is 0 Å². The van der Waals surface area contributed by atoms with Gasteiger partial charge in [0.25, 0.3) is 5.56 Å². The third kappa shape index (κ3) is 1.36. The summed E-state index contributed by atoms with van der Waals surface area (Å²) in [6.07, 6.45) is 0. The first-order valence-electron chi connectivity index (χ1n) is 4.92. The van der Waals surface area contributed by atoms with Gasteiger partial charge in [0.05, 0.1) is 16.7 Å². The van der Waals surface area contributed by atoms with Gasteiger partial charge in [0, 0.05) is 12.3 Å². The van der Waals surface area contributed by atoms with Crippen molar-refractivity contribution in [2.45, 2.75) is 12.3 Å². The summed E-state index contributed by atoms with van der Waals surface area (Å²) in [5.74, 6) is 2.77. The lowest BCUT2D eigenvalue weighted by atomic mass is 10.2. The Labute approximate surface area is 91.1 Å². The van der Waals surface area contributed by atoms with Gasteiger partial charge in [0.2, 0.25) is 0 Å². The minimum atomic E-state index is 0.107. The molecule has 3 nitrogen and oxygen atoms in total. The Kier molecular flexibility index (Phi) is 2.02. The van der Waals surface area contributed by atoms with Crippen LogP contribution in [0.5, 0.6) is 0 Å². The smallest absolute Gasteiger partial charge is 0.261 e. The van der Waals surface area contributed by atoms with Crippen LogP contribution < -0.4 is 5.56 Å². The highest BCUT2D eigenvalue weighted by Crippen LogP contribution is 2.17. The quantitative estimate of drug-likeness (QED) is 0.674. The molecule has 0 amide bonds. The van der Waals surface area contributed by atoms with Gasteiger partial charge < -0.3 is 0 Å². The minimum Gasteiger partial charge on any atom is -0.295 e. The van der Waals surface area contributed by atoms with E-state index in [0.717, 1.165) is 34.8 Å². The molecule has 3 rings (SSSR count). The Bertz CT molecular complexity index is 576. The molecule has 0 radical (unpaired) electrons. The lowest BCUT2D eigenvalue weighted by Crippen LogP contribution is -2.28. The number of nitrogens with zero attached hydrogens (tertiary/aromatic N) is 2. The molecule has 2 aromatic rings. The standard InChI is InChI=1S/C11H10N2OS/c14-11-8-3-1-2-4-9(8)12-10-7-15-6-5-13(10)11/h1-4H,5-7H2. The lowest BCUT2D eigenvalue weighted by molar-refractivity contribution is 0.674. The molecule has 0 saturated heterocycles. The number of benzene rings is 1. The fourth-order valence-electron chi connectivity index (χ4n) is 1.87. The molecular weight excluding hydrogens is 208 g/mol. The van der Waals surface area contributed by atoms with Crippen LogP contribution in [0.1, 0.15) is 5.82 Å². The van der Waals surface area contributed by atoms with Gasteiger partial charge in [0.1, 0.15) is 5.82 Å². The van der Waals surface area contributed by atoms with Crippen LogP contribution in [-0.2, 0) is 12.3 Å². The van der Waals surface area contributed by atoms with Crippen LogP contribution in [0.25, 0.3) is 10.9 Å². The Morgan fingerprint density at radius 3 is 3.13 bits per heavy atom. The number of para-hydroxylation sites is 1. The molecule has 2 heterocycles. The average Bonchev–Trinajstić information content (AvgIpc) is 2.30. The fraction of sp³-hybridized carbons (Fsp3) is 0.273. The highest BCUT2D eigenvalue weighted by atomic mass is 32.2. The van der Waals surface area contributed by atoms with Gasteiger partial charge in [-0.25, -0.2) is 4.98 Å². The molecule has 1 aromatic heterocycles. The van der Waals surface area contributed by atoms with Gasteiger partial charge in [-0.05, 0) is 12.1 Å².